The first-order valence-electron chi connectivity index (χ1n) is 6.07. The SMILES string of the molecule is CCCOc1ncnc(N(C)C(C)CC)c1N. The van der Waals surface area contributed by atoms with Crippen LogP contribution in [0.15, 0.2) is 6.33 Å². The van der Waals surface area contributed by atoms with E-state index in [1.807, 2.05) is 14.0 Å². The fraction of sp³-hybridized carbons (Fsp3) is 0.667. The maximum Gasteiger partial charge on any atom is 0.242 e. The topological polar surface area (TPSA) is 64.3 Å². The Hall–Kier alpha value is -1.52. The fourth-order valence-electron chi connectivity index (χ4n) is 1.45. The Kier molecular flexibility index (Phi) is 5.00. The highest BCUT2D eigenvalue weighted by Crippen LogP contribution is 2.28. The Morgan fingerprint density at radius 2 is 2.12 bits per heavy atom. The monoisotopic (exact) mass is 238 g/mol. The van der Waals surface area contributed by atoms with Crippen LogP contribution in [-0.2, 0) is 0 Å². The molecule has 0 fully saturated rings. The van der Waals surface area contributed by atoms with Crippen molar-refractivity contribution in [2.24, 2.45) is 0 Å². The lowest BCUT2D eigenvalue weighted by Crippen LogP contribution is -2.29. The van der Waals surface area contributed by atoms with Gasteiger partial charge in [0, 0.05) is 13.1 Å². The molecular formula is C12H22N4O. The summed E-state index contributed by atoms with van der Waals surface area (Å²) in [5.74, 6) is 1.22. The van der Waals surface area contributed by atoms with E-state index in [-0.39, 0.29) is 0 Å². The predicted octanol–water partition coefficient (Wildman–Crippen LogP) is 2.08. The van der Waals surface area contributed by atoms with E-state index in [0.29, 0.717) is 24.2 Å². The number of ether oxygens (including phenoxy) is 1. The number of anilines is 2. The summed E-state index contributed by atoms with van der Waals surface area (Å²) in [7, 11) is 1.98. The molecule has 0 bridgehead atoms. The molecule has 0 aliphatic heterocycles. The normalized spacial score (nSPS) is 12.2. The molecule has 17 heavy (non-hydrogen) atoms. The Balaban J connectivity index is 2.93. The molecule has 1 aromatic rings. The highest BCUT2D eigenvalue weighted by atomic mass is 16.5. The van der Waals surface area contributed by atoms with Gasteiger partial charge in [0.1, 0.15) is 12.0 Å². The molecule has 5 nitrogen and oxygen atoms in total. The van der Waals surface area contributed by atoms with Crippen molar-refractivity contribution >= 4 is 11.5 Å². The summed E-state index contributed by atoms with van der Waals surface area (Å²) in [5, 5.41) is 0. The largest absolute Gasteiger partial charge is 0.476 e. The molecule has 2 N–H and O–H groups in total. The van der Waals surface area contributed by atoms with Gasteiger partial charge in [-0.3, -0.25) is 0 Å². The standard InChI is InChI=1S/C12H22N4O/c1-5-7-17-12-10(13)11(14-8-15-12)16(4)9(3)6-2/h8-9H,5-7,13H2,1-4H3. The zero-order chi connectivity index (χ0) is 12.8. The third-order valence-electron chi connectivity index (χ3n) is 2.86. The van der Waals surface area contributed by atoms with Gasteiger partial charge in [-0.2, -0.15) is 4.98 Å². The van der Waals surface area contributed by atoms with Crippen LogP contribution in [0.4, 0.5) is 11.5 Å². The number of aromatic nitrogens is 2. The molecular weight excluding hydrogens is 216 g/mol. The lowest BCUT2D eigenvalue weighted by molar-refractivity contribution is 0.306. The molecule has 0 amide bonds. The van der Waals surface area contributed by atoms with Crippen molar-refractivity contribution in [3.8, 4) is 5.88 Å². The van der Waals surface area contributed by atoms with Gasteiger partial charge in [0.15, 0.2) is 5.82 Å². The molecule has 0 aliphatic rings. The first-order chi connectivity index (χ1) is 8.11. The second kappa shape index (κ2) is 6.27. The summed E-state index contributed by atoms with van der Waals surface area (Å²) in [6, 6.07) is 0.381. The minimum atomic E-state index is 0.381. The number of rotatable bonds is 6. The van der Waals surface area contributed by atoms with E-state index in [1.54, 1.807) is 0 Å². The maximum atomic E-state index is 6.03. The van der Waals surface area contributed by atoms with Crippen LogP contribution < -0.4 is 15.4 Å². The highest BCUT2D eigenvalue weighted by molar-refractivity contribution is 5.67. The molecule has 1 heterocycles. The number of hydrogen-bond donors (Lipinski definition) is 1. The van der Waals surface area contributed by atoms with Gasteiger partial charge in [0.05, 0.1) is 6.61 Å². The van der Waals surface area contributed by atoms with Gasteiger partial charge < -0.3 is 15.4 Å². The lowest BCUT2D eigenvalue weighted by Gasteiger charge is -2.26. The molecule has 0 radical (unpaired) electrons. The van der Waals surface area contributed by atoms with Gasteiger partial charge in [0.25, 0.3) is 0 Å². The summed E-state index contributed by atoms with van der Waals surface area (Å²) >= 11 is 0. The summed E-state index contributed by atoms with van der Waals surface area (Å²) in [4.78, 5) is 10.3. The predicted molar refractivity (Wildman–Crippen MR) is 70.4 cm³/mol. The van der Waals surface area contributed by atoms with E-state index in [4.69, 9.17) is 10.5 Å². The van der Waals surface area contributed by atoms with Crippen LogP contribution in [0.3, 0.4) is 0 Å². The molecule has 1 aromatic heterocycles. The first-order valence-corrected chi connectivity index (χ1v) is 6.07. The van der Waals surface area contributed by atoms with Crippen molar-refractivity contribution < 1.29 is 4.74 Å². The molecule has 96 valence electrons. The minimum absolute atomic E-state index is 0.381. The molecule has 1 atom stereocenters. The summed E-state index contributed by atoms with van der Waals surface area (Å²) < 4.78 is 5.49. The van der Waals surface area contributed by atoms with E-state index in [9.17, 15) is 0 Å². The molecule has 5 heteroatoms. The molecule has 1 unspecified atom stereocenters. The van der Waals surface area contributed by atoms with Gasteiger partial charge in [-0.1, -0.05) is 13.8 Å². The second-order valence-corrected chi connectivity index (χ2v) is 4.13. The first kappa shape index (κ1) is 13.5. The average molecular weight is 238 g/mol. The molecule has 0 saturated carbocycles. The van der Waals surface area contributed by atoms with Crippen LogP contribution in [0.25, 0.3) is 0 Å². The van der Waals surface area contributed by atoms with E-state index < -0.39 is 0 Å². The van der Waals surface area contributed by atoms with Crippen LogP contribution in [0.5, 0.6) is 5.88 Å². The Morgan fingerprint density at radius 3 is 2.71 bits per heavy atom. The number of nitrogens with two attached hydrogens (primary N) is 1. The van der Waals surface area contributed by atoms with Gasteiger partial charge >= 0.3 is 0 Å². The number of hydrogen-bond acceptors (Lipinski definition) is 5. The zero-order valence-corrected chi connectivity index (χ0v) is 11.1. The van der Waals surface area contributed by atoms with E-state index in [2.05, 4.69) is 28.7 Å². The molecule has 0 saturated heterocycles. The smallest absolute Gasteiger partial charge is 0.242 e. The van der Waals surface area contributed by atoms with Crippen LogP contribution in [0.1, 0.15) is 33.6 Å². The Bertz CT molecular complexity index is 356. The minimum Gasteiger partial charge on any atom is -0.476 e. The van der Waals surface area contributed by atoms with Crippen molar-refractivity contribution in [1.82, 2.24) is 9.97 Å². The van der Waals surface area contributed by atoms with Crippen LogP contribution >= 0.6 is 0 Å². The molecule has 0 aromatic carbocycles. The highest BCUT2D eigenvalue weighted by Gasteiger charge is 2.16. The van der Waals surface area contributed by atoms with E-state index in [1.165, 1.54) is 6.33 Å². The van der Waals surface area contributed by atoms with E-state index >= 15 is 0 Å². The van der Waals surface area contributed by atoms with Crippen molar-refractivity contribution in [3.63, 3.8) is 0 Å². The van der Waals surface area contributed by atoms with Crippen molar-refractivity contribution in [2.75, 3.05) is 24.3 Å². The fourth-order valence-corrected chi connectivity index (χ4v) is 1.45. The van der Waals surface area contributed by atoms with Crippen molar-refractivity contribution in [3.05, 3.63) is 6.33 Å². The van der Waals surface area contributed by atoms with Crippen molar-refractivity contribution in [1.29, 1.82) is 0 Å². The molecule has 0 aliphatic carbocycles. The number of nitrogen functional groups attached to an aromatic ring is 1. The van der Waals surface area contributed by atoms with Crippen LogP contribution in [0.2, 0.25) is 0 Å². The molecule has 1 rings (SSSR count). The third kappa shape index (κ3) is 3.22. The number of nitrogens with zero attached hydrogens (tertiary/aromatic N) is 3. The Morgan fingerprint density at radius 1 is 1.41 bits per heavy atom. The maximum absolute atomic E-state index is 6.03. The van der Waals surface area contributed by atoms with Gasteiger partial charge in [-0.05, 0) is 19.8 Å². The second-order valence-electron chi connectivity index (χ2n) is 4.13. The Labute approximate surface area is 103 Å². The van der Waals surface area contributed by atoms with Gasteiger partial charge in [-0.15, -0.1) is 0 Å². The summed E-state index contributed by atoms with van der Waals surface area (Å²) in [6.07, 6.45) is 3.46. The van der Waals surface area contributed by atoms with Crippen LogP contribution in [-0.4, -0.2) is 29.7 Å². The third-order valence-corrected chi connectivity index (χ3v) is 2.86. The van der Waals surface area contributed by atoms with E-state index in [0.717, 1.165) is 18.7 Å². The zero-order valence-electron chi connectivity index (χ0n) is 11.1. The quantitative estimate of drug-likeness (QED) is 0.822. The molecule has 0 spiro atoms. The summed E-state index contributed by atoms with van der Waals surface area (Å²) in [6.45, 7) is 6.93. The van der Waals surface area contributed by atoms with Gasteiger partial charge in [0.2, 0.25) is 5.88 Å². The lowest BCUT2D eigenvalue weighted by atomic mass is 10.2. The average Bonchev–Trinajstić information content (AvgIpc) is 2.35. The van der Waals surface area contributed by atoms with Gasteiger partial charge in [-0.25, -0.2) is 4.98 Å². The van der Waals surface area contributed by atoms with Crippen LogP contribution in [0, 0.1) is 0 Å². The van der Waals surface area contributed by atoms with Crippen molar-refractivity contribution in [2.45, 2.75) is 39.7 Å². The summed E-state index contributed by atoms with van der Waals surface area (Å²) in [5.41, 5.74) is 6.54.